The zero-order chi connectivity index (χ0) is 25.1. The quantitative estimate of drug-likeness (QED) is 0.321. The molecule has 2 nitrogen and oxygen atoms in total. The highest BCUT2D eigenvalue weighted by molar-refractivity contribution is 5.01. The molecule has 2 aliphatic rings. The van der Waals surface area contributed by atoms with Gasteiger partial charge in [-0.25, -0.2) is 0 Å². The number of hydrogen-bond acceptors (Lipinski definition) is 2. The van der Waals surface area contributed by atoms with Crippen LogP contribution in [0.15, 0.2) is 0 Å². The maximum atomic E-state index is 10.9. The average molecular weight is 465 g/mol. The molecule has 2 heteroatoms. The third-order valence-corrected chi connectivity index (χ3v) is 10.2. The summed E-state index contributed by atoms with van der Waals surface area (Å²) in [6, 6.07) is 0. The second kappa shape index (κ2) is 11.3. The monoisotopic (exact) mass is 464 g/mol. The molecule has 0 heterocycles. The van der Waals surface area contributed by atoms with Gasteiger partial charge in [-0.05, 0) is 119 Å². The molecule has 0 radical (unpaired) electrons. The Morgan fingerprint density at radius 2 is 1.67 bits per heavy atom. The Labute approximate surface area is 207 Å². The van der Waals surface area contributed by atoms with Gasteiger partial charge in [-0.15, -0.1) is 0 Å². The number of rotatable bonds is 11. The molecule has 0 aromatic carbocycles. The molecule has 7 atom stereocenters. The van der Waals surface area contributed by atoms with E-state index in [1.165, 1.54) is 57.8 Å². The first-order valence-electron chi connectivity index (χ1n) is 14.6. The van der Waals surface area contributed by atoms with Crippen LogP contribution in [0.25, 0.3) is 0 Å². The molecule has 196 valence electrons. The molecule has 0 spiro atoms. The van der Waals surface area contributed by atoms with Gasteiger partial charge in [0.15, 0.2) is 0 Å². The van der Waals surface area contributed by atoms with E-state index in [2.05, 4.69) is 48.5 Å². The summed E-state index contributed by atoms with van der Waals surface area (Å²) < 4.78 is 0. The topological polar surface area (TPSA) is 40.5 Å². The summed E-state index contributed by atoms with van der Waals surface area (Å²) in [5.41, 5.74) is -0.260. The van der Waals surface area contributed by atoms with Gasteiger partial charge in [0.1, 0.15) is 0 Å². The summed E-state index contributed by atoms with van der Waals surface area (Å²) in [5, 5.41) is 21.1. The molecule has 2 aliphatic carbocycles. The summed E-state index contributed by atoms with van der Waals surface area (Å²) in [5.74, 6) is 3.76. The molecule has 7 unspecified atom stereocenters. The Bertz CT molecular complexity index is 586. The minimum Gasteiger partial charge on any atom is -0.390 e. The standard InChI is InChI=1S/C31H60O2/c1-10-13-25(28(4,5)21-23(3)16-19-29(6,7)32)20-24-14-15-26-22-30(8,33)17-12-18-31(26,9)27(24)11-2/h23-27,32-33H,10-22H2,1-9H3. The average Bonchev–Trinajstić information content (AvgIpc) is 2.79. The second-order valence-corrected chi connectivity index (χ2v) is 14.5. The largest absolute Gasteiger partial charge is 0.390 e. The minimum atomic E-state index is -0.549. The summed E-state index contributed by atoms with van der Waals surface area (Å²) in [7, 11) is 0. The van der Waals surface area contributed by atoms with Gasteiger partial charge < -0.3 is 10.2 Å². The van der Waals surface area contributed by atoms with E-state index in [0.29, 0.717) is 22.7 Å². The molecular formula is C31H60O2. The van der Waals surface area contributed by atoms with Crippen molar-refractivity contribution in [2.45, 2.75) is 157 Å². The second-order valence-electron chi connectivity index (χ2n) is 14.5. The first-order valence-corrected chi connectivity index (χ1v) is 14.6. The van der Waals surface area contributed by atoms with Crippen molar-refractivity contribution >= 4 is 0 Å². The maximum Gasteiger partial charge on any atom is 0.0622 e. The van der Waals surface area contributed by atoms with Gasteiger partial charge in [0.25, 0.3) is 0 Å². The molecule has 0 aromatic heterocycles. The lowest BCUT2D eigenvalue weighted by Crippen LogP contribution is -2.45. The molecule has 0 saturated heterocycles. The molecule has 0 aromatic rings. The zero-order valence-electron chi connectivity index (χ0n) is 24.0. The third kappa shape index (κ3) is 7.96. The predicted molar refractivity (Wildman–Crippen MR) is 143 cm³/mol. The lowest BCUT2D eigenvalue weighted by Gasteiger charge is -2.53. The fourth-order valence-corrected chi connectivity index (χ4v) is 8.38. The van der Waals surface area contributed by atoms with E-state index in [1.54, 1.807) is 0 Å². The van der Waals surface area contributed by atoms with Crippen LogP contribution in [0.1, 0.15) is 146 Å². The van der Waals surface area contributed by atoms with E-state index in [9.17, 15) is 10.2 Å². The van der Waals surface area contributed by atoms with Crippen LogP contribution in [0.2, 0.25) is 0 Å². The molecule has 0 aliphatic heterocycles. The Morgan fingerprint density at radius 3 is 2.24 bits per heavy atom. The molecule has 2 rings (SSSR count). The minimum absolute atomic E-state index is 0.345. The van der Waals surface area contributed by atoms with Gasteiger partial charge in [-0.2, -0.15) is 0 Å². The van der Waals surface area contributed by atoms with Gasteiger partial charge in [0, 0.05) is 0 Å². The molecule has 33 heavy (non-hydrogen) atoms. The highest BCUT2D eigenvalue weighted by Crippen LogP contribution is 2.58. The number of hydrogen-bond donors (Lipinski definition) is 2. The van der Waals surface area contributed by atoms with Gasteiger partial charge >= 0.3 is 0 Å². The Balaban J connectivity index is 2.14. The van der Waals surface area contributed by atoms with Crippen molar-refractivity contribution in [1.29, 1.82) is 0 Å². The fraction of sp³-hybridized carbons (Fsp3) is 1.00. The summed E-state index contributed by atoms with van der Waals surface area (Å²) in [4.78, 5) is 0. The summed E-state index contributed by atoms with van der Waals surface area (Å²) in [6.07, 6.45) is 15.7. The van der Waals surface area contributed by atoms with Crippen LogP contribution >= 0.6 is 0 Å². The highest BCUT2D eigenvalue weighted by atomic mass is 16.3. The lowest BCUT2D eigenvalue weighted by atomic mass is 9.52. The van der Waals surface area contributed by atoms with Gasteiger partial charge in [-0.3, -0.25) is 0 Å². The molecule has 0 amide bonds. The first-order chi connectivity index (χ1) is 15.1. The summed E-state index contributed by atoms with van der Waals surface area (Å²) >= 11 is 0. The highest BCUT2D eigenvalue weighted by Gasteiger charge is 2.50. The van der Waals surface area contributed by atoms with Crippen LogP contribution in [0, 0.1) is 40.4 Å². The van der Waals surface area contributed by atoms with Crippen molar-refractivity contribution in [3.05, 3.63) is 0 Å². The van der Waals surface area contributed by atoms with Crippen LogP contribution in [-0.2, 0) is 0 Å². The van der Waals surface area contributed by atoms with Crippen molar-refractivity contribution < 1.29 is 10.2 Å². The predicted octanol–water partition coefficient (Wildman–Crippen LogP) is 8.78. The Hall–Kier alpha value is -0.0800. The van der Waals surface area contributed by atoms with Crippen molar-refractivity contribution in [3.8, 4) is 0 Å². The first kappa shape index (κ1) is 29.2. The van der Waals surface area contributed by atoms with Crippen LogP contribution in [0.3, 0.4) is 0 Å². The number of fused-ring (bicyclic) bond motifs is 1. The van der Waals surface area contributed by atoms with Crippen LogP contribution in [0.5, 0.6) is 0 Å². The van der Waals surface area contributed by atoms with E-state index in [4.69, 9.17) is 0 Å². The van der Waals surface area contributed by atoms with Crippen LogP contribution in [-0.4, -0.2) is 21.4 Å². The van der Waals surface area contributed by atoms with Crippen molar-refractivity contribution in [2.75, 3.05) is 0 Å². The van der Waals surface area contributed by atoms with Crippen LogP contribution < -0.4 is 0 Å². The van der Waals surface area contributed by atoms with Gasteiger partial charge in [-0.1, -0.05) is 67.2 Å². The third-order valence-electron chi connectivity index (χ3n) is 10.2. The van der Waals surface area contributed by atoms with E-state index in [0.717, 1.165) is 43.4 Å². The smallest absolute Gasteiger partial charge is 0.0622 e. The molecule has 2 N–H and O–H groups in total. The van der Waals surface area contributed by atoms with E-state index < -0.39 is 11.2 Å². The Morgan fingerprint density at radius 1 is 1.00 bits per heavy atom. The molecule has 2 saturated carbocycles. The maximum absolute atomic E-state index is 10.9. The molecule has 0 bridgehead atoms. The van der Waals surface area contributed by atoms with Gasteiger partial charge in [0.2, 0.25) is 0 Å². The zero-order valence-corrected chi connectivity index (χ0v) is 24.0. The van der Waals surface area contributed by atoms with Crippen molar-refractivity contribution in [2.24, 2.45) is 40.4 Å². The lowest BCUT2D eigenvalue weighted by molar-refractivity contribution is -0.0519. The van der Waals surface area contributed by atoms with E-state index >= 15 is 0 Å². The Kier molecular flexibility index (Phi) is 10.0. The molecule has 2 fully saturated rings. The molecular weight excluding hydrogens is 404 g/mol. The van der Waals surface area contributed by atoms with Crippen molar-refractivity contribution in [3.63, 3.8) is 0 Å². The normalized spacial score (nSPS) is 35.5. The van der Waals surface area contributed by atoms with Crippen LogP contribution in [0.4, 0.5) is 0 Å². The fourth-order valence-electron chi connectivity index (χ4n) is 8.38. The SMILES string of the molecule is CCCC(CC1CCC2CC(C)(O)CCCC2(C)C1CC)C(C)(C)CC(C)CCC(C)(C)O. The van der Waals surface area contributed by atoms with Gasteiger partial charge in [0.05, 0.1) is 11.2 Å². The number of aliphatic hydroxyl groups is 2. The van der Waals surface area contributed by atoms with E-state index in [1.807, 2.05) is 13.8 Å². The summed E-state index contributed by atoms with van der Waals surface area (Å²) in [6.45, 7) is 20.8. The van der Waals surface area contributed by atoms with Crippen molar-refractivity contribution in [1.82, 2.24) is 0 Å². The van der Waals surface area contributed by atoms with E-state index in [-0.39, 0.29) is 0 Å².